The molecule has 1 N–H and O–H groups in total. The third-order valence-corrected chi connectivity index (χ3v) is 3.04. The van der Waals surface area contributed by atoms with E-state index in [0.717, 1.165) is 6.08 Å². The Hall–Kier alpha value is -2.15. The number of hydrogen-bond acceptors (Lipinski definition) is 7. The number of carbonyl (C=O) groups is 3. The first-order valence-electron chi connectivity index (χ1n) is 7.41. The summed E-state index contributed by atoms with van der Waals surface area (Å²) in [5, 5.41) is 9.83. The van der Waals surface area contributed by atoms with Gasteiger partial charge in [-0.15, -0.1) is 0 Å². The van der Waals surface area contributed by atoms with Crippen LogP contribution in [0.5, 0.6) is 0 Å². The first-order valence-corrected chi connectivity index (χ1v) is 7.41. The summed E-state index contributed by atoms with van der Waals surface area (Å²) in [6, 6.07) is 0. The molecule has 0 aliphatic carbocycles. The minimum atomic E-state index is -1.15. The van der Waals surface area contributed by atoms with E-state index in [4.69, 9.17) is 14.2 Å². The first-order chi connectivity index (χ1) is 10.8. The topological polar surface area (TPSA) is 99.1 Å². The zero-order chi connectivity index (χ0) is 17.4. The zero-order valence-corrected chi connectivity index (χ0v) is 13.4. The summed E-state index contributed by atoms with van der Waals surface area (Å²) in [4.78, 5) is 34.8. The quantitative estimate of drug-likeness (QED) is 0.524. The van der Waals surface area contributed by atoms with Gasteiger partial charge in [0.25, 0.3) is 0 Å². The average molecular weight is 326 g/mol. The third kappa shape index (κ3) is 7.60. The van der Waals surface area contributed by atoms with Crippen molar-refractivity contribution in [1.29, 1.82) is 0 Å². The molecule has 23 heavy (non-hydrogen) atoms. The molecule has 0 fully saturated rings. The summed E-state index contributed by atoms with van der Waals surface area (Å²) in [6.45, 7) is 4.74. The molecule has 4 atom stereocenters. The van der Waals surface area contributed by atoms with Crippen LogP contribution in [-0.2, 0) is 28.6 Å². The van der Waals surface area contributed by atoms with Crippen molar-refractivity contribution < 1.29 is 33.7 Å². The molecule has 0 unspecified atom stereocenters. The van der Waals surface area contributed by atoms with Crippen LogP contribution in [-0.4, -0.2) is 47.4 Å². The van der Waals surface area contributed by atoms with Crippen LogP contribution in [0.2, 0.25) is 0 Å². The summed E-state index contributed by atoms with van der Waals surface area (Å²) in [6.07, 6.45) is 2.17. The van der Waals surface area contributed by atoms with E-state index in [9.17, 15) is 19.5 Å². The monoisotopic (exact) mass is 326 g/mol. The smallest absolute Gasteiger partial charge is 0.330 e. The number of rotatable bonds is 0. The van der Waals surface area contributed by atoms with Gasteiger partial charge in [-0.3, -0.25) is 4.79 Å². The van der Waals surface area contributed by atoms with Crippen LogP contribution in [0.15, 0.2) is 24.3 Å². The Kier molecular flexibility index (Phi) is 7.47. The largest absolute Gasteiger partial charge is 0.459 e. The molecule has 1 aliphatic heterocycles. The number of esters is 3. The van der Waals surface area contributed by atoms with E-state index >= 15 is 0 Å². The van der Waals surface area contributed by atoms with Crippen LogP contribution in [0.3, 0.4) is 0 Å². The molecule has 0 spiro atoms. The van der Waals surface area contributed by atoms with Gasteiger partial charge in [-0.2, -0.15) is 0 Å². The van der Waals surface area contributed by atoms with Crippen molar-refractivity contribution in [3.05, 3.63) is 24.3 Å². The van der Waals surface area contributed by atoms with Crippen molar-refractivity contribution in [2.75, 3.05) is 0 Å². The Bertz CT molecular complexity index is 495. The van der Waals surface area contributed by atoms with Gasteiger partial charge in [-0.1, -0.05) is 6.08 Å². The summed E-state index contributed by atoms with van der Waals surface area (Å²) in [5.74, 6) is -1.84. The fourth-order valence-electron chi connectivity index (χ4n) is 1.81. The standard InChI is InChI=1S/C16H22O7/c1-10-5-4-6-14(18)22-11(2)9-16(20)23-12(3)13(17)7-8-15(19)21-10/h4,6-8,10-13,17H,5,9H2,1-3H3/b6-4+,8-7+/t10-,11-,12-,13+/m0/s1. The van der Waals surface area contributed by atoms with Crippen molar-refractivity contribution in [3.63, 3.8) is 0 Å². The van der Waals surface area contributed by atoms with Gasteiger partial charge in [-0.25, -0.2) is 9.59 Å². The molecular formula is C16H22O7. The molecule has 0 saturated carbocycles. The van der Waals surface area contributed by atoms with Gasteiger partial charge in [0.15, 0.2) is 0 Å². The highest BCUT2D eigenvalue weighted by molar-refractivity contribution is 5.83. The van der Waals surface area contributed by atoms with Gasteiger partial charge < -0.3 is 19.3 Å². The highest BCUT2D eigenvalue weighted by Crippen LogP contribution is 2.08. The maximum absolute atomic E-state index is 11.7. The minimum absolute atomic E-state index is 0.126. The van der Waals surface area contributed by atoms with Gasteiger partial charge in [0, 0.05) is 18.6 Å². The van der Waals surface area contributed by atoms with E-state index in [2.05, 4.69) is 0 Å². The molecule has 7 nitrogen and oxygen atoms in total. The normalized spacial score (nSPS) is 34.0. The zero-order valence-electron chi connectivity index (χ0n) is 13.4. The molecule has 1 aliphatic rings. The van der Waals surface area contributed by atoms with Crippen LogP contribution < -0.4 is 0 Å². The van der Waals surface area contributed by atoms with Gasteiger partial charge in [-0.05, 0) is 26.8 Å². The Morgan fingerprint density at radius 1 is 0.957 bits per heavy atom. The van der Waals surface area contributed by atoms with Crippen molar-refractivity contribution in [3.8, 4) is 0 Å². The molecule has 0 aromatic heterocycles. The Morgan fingerprint density at radius 3 is 2.26 bits per heavy atom. The summed E-state index contributed by atoms with van der Waals surface area (Å²) in [5.41, 5.74) is 0. The Labute approximate surface area is 134 Å². The van der Waals surface area contributed by atoms with Gasteiger partial charge in [0.2, 0.25) is 0 Å². The third-order valence-electron chi connectivity index (χ3n) is 3.04. The molecule has 0 aromatic carbocycles. The number of hydrogen-bond donors (Lipinski definition) is 1. The first kappa shape index (κ1) is 18.9. The number of cyclic esters (lactones) is 3. The van der Waals surface area contributed by atoms with Crippen LogP contribution in [0.1, 0.15) is 33.6 Å². The lowest BCUT2D eigenvalue weighted by atomic mass is 10.2. The van der Waals surface area contributed by atoms with Gasteiger partial charge >= 0.3 is 17.9 Å². The maximum Gasteiger partial charge on any atom is 0.330 e. The van der Waals surface area contributed by atoms with Crippen molar-refractivity contribution in [2.45, 2.75) is 58.0 Å². The summed E-state index contributed by atoms with van der Waals surface area (Å²) < 4.78 is 15.1. The number of aliphatic hydroxyl groups excluding tert-OH is 1. The molecule has 1 heterocycles. The number of aliphatic hydroxyl groups is 1. The second kappa shape index (κ2) is 9.09. The van der Waals surface area contributed by atoms with E-state index in [0.29, 0.717) is 6.42 Å². The molecule has 0 saturated heterocycles. The number of carbonyl (C=O) groups excluding carboxylic acids is 3. The lowest BCUT2D eigenvalue weighted by molar-refractivity contribution is -0.157. The summed E-state index contributed by atoms with van der Waals surface area (Å²) >= 11 is 0. The molecule has 0 amide bonds. The molecule has 0 bridgehead atoms. The minimum Gasteiger partial charge on any atom is -0.459 e. The predicted octanol–water partition coefficient (Wildman–Crippen LogP) is 1.05. The Morgan fingerprint density at radius 2 is 1.57 bits per heavy atom. The predicted molar refractivity (Wildman–Crippen MR) is 80.2 cm³/mol. The fourth-order valence-corrected chi connectivity index (χ4v) is 1.81. The SMILES string of the molecule is C[C@@H]1OC(=O)C[C@H](C)OC(=O)/C=C/C[C@H](C)OC(=O)/C=C/[C@H]1O. The number of ether oxygens (including phenoxy) is 3. The second-order valence-electron chi connectivity index (χ2n) is 5.38. The molecule has 1 rings (SSSR count). The van der Waals surface area contributed by atoms with Crippen molar-refractivity contribution >= 4 is 17.9 Å². The Balaban J connectivity index is 2.82. The molecule has 0 radical (unpaired) electrons. The van der Waals surface area contributed by atoms with Crippen LogP contribution in [0, 0.1) is 0 Å². The lowest BCUT2D eigenvalue weighted by Crippen LogP contribution is -2.29. The molecule has 128 valence electrons. The van der Waals surface area contributed by atoms with Crippen LogP contribution >= 0.6 is 0 Å². The van der Waals surface area contributed by atoms with Gasteiger partial charge in [0.05, 0.1) is 6.42 Å². The van der Waals surface area contributed by atoms with E-state index in [1.54, 1.807) is 13.8 Å². The van der Waals surface area contributed by atoms with Crippen molar-refractivity contribution in [2.24, 2.45) is 0 Å². The highest BCUT2D eigenvalue weighted by Gasteiger charge is 2.20. The van der Waals surface area contributed by atoms with E-state index in [1.807, 2.05) is 0 Å². The average Bonchev–Trinajstić information content (AvgIpc) is 2.43. The van der Waals surface area contributed by atoms with Crippen molar-refractivity contribution in [1.82, 2.24) is 0 Å². The van der Waals surface area contributed by atoms with Crippen LogP contribution in [0.25, 0.3) is 0 Å². The molecule has 0 aromatic rings. The highest BCUT2D eigenvalue weighted by atomic mass is 16.6. The van der Waals surface area contributed by atoms with E-state index < -0.39 is 42.3 Å². The molecule has 7 heteroatoms. The molecular weight excluding hydrogens is 304 g/mol. The van der Waals surface area contributed by atoms with E-state index in [-0.39, 0.29) is 6.42 Å². The maximum atomic E-state index is 11.7. The van der Waals surface area contributed by atoms with E-state index in [1.165, 1.54) is 25.2 Å². The fraction of sp³-hybridized carbons (Fsp3) is 0.562. The summed E-state index contributed by atoms with van der Waals surface area (Å²) in [7, 11) is 0. The second-order valence-corrected chi connectivity index (χ2v) is 5.38. The van der Waals surface area contributed by atoms with Crippen LogP contribution in [0.4, 0.5) is 0 Å². The van der Waals surface area contributed by atoms with Gasteiger partial charge in [0.1, 0.15) is 24.4 Å². The lowest BCUT2D eigenvalue weighted by Gasteiger charge is -2.18.